The van der Waals surface area contributed by atoms with Crippen molar-refractivity contribution >= 4 is 11.8 Å². The summed E-state index contributed by atoms with van der Waals surface area (Å²) in [5, 5.41) is 3.38. The molecular weight excluding hydrogens is 396 g/mol. The SMILES string of the molecule is CC(C)(C)OC(=O)N1CCC(OC2CC(Oc3cc(N4CCNCC4)ccn3)C2)CC1. The second-order valence-corrected chi connectivity index (χ2v) is 9.73. The number of amides is 1. The molecule has 0 radical (unpaired) electrons. The monoisotopic (exact) mass is 432 g/mol. The number of nitrogens with zero attached hydrogens (tertiary/aromatic N) is 3. The van der Waals surface area contributed by atoms with Gasteiger partial charge >= 0.3 is 6.09 Å². The number of rotatable bonds is 5. The normalized spacial score (nSPS) is 25.1. The highest BCUT2D eigenvalue weighted by molar-refractivity contribution is 5.68. The van der Waals surface area contributed by atoms with E-state index < -0.39 is 5.60 Å². The van der Waals surface area contributed by atoms with E-state index in [4.69, 9.17) is 14.2 Å². The van der Waals surface area contributed by atoms with Crippen LogP contribution in [0.15, 0.2) is 18.3 Å². The molecule has 172 valence electrons. The first-order valence-electron chi connectivity index (χ1n) is 11.6. The first-order valence-corrected chi connectivity index (χ1v) is 11.6. The van der Waals surface area contributed by atoms with Crippen molar-refractivity contribution in [2.45, 2.75) is 70.4 Å². The van der Waals surface area contributed by atoms with E-state index in [-0.39, 0.29) is 24.4 Å². The number of carbonyl (C=O) groups is 1. The number of aromatic nitrogens is 1. The van der Waals surface area contributed by atoms with Crippen molar-refractivity contribution in [2.75, 3.05) is 44.2 Å². The second kappa shape index (κ2) is 9.61. The summed E-state index contributed by atoms with van der Waals surface area (Å²) in [5.74, 6) is 0.699. The third-order valence-electron chi connectivity index (χ3n) is 6.02. The molecule has 1 saturated carbocycles. The van der Waals surface area contributed by atoms with Crippen LogP contribution in [0.3, 0.4) is 0 Å². The number of anilines is 1. The largest absolute Gasteiger partial charge is 0.474 e. The molecule has 8 heteroatoms. The number of nitrogens with one attached hydrogen (secondary N) is 1. The molecule has 3 aliphatic rings. The minimum absolute atomic E-state index is 0.164. The zero-order valence-corrected chi connectivity index (χ0v) is 19.0. The molecule has 0 bridgehead atoms. The summed E-state index contributed by atoms with van der Waals surface area (Å²) in [7, 11) is 0. The fraction of sp³-hybridized carbons (Fsp3) is 0.739. The van der Waals surface area contributed by atoms with E-state index in [1.807, 2.05) is 33.0 Å². The number of piperidine rings is 1. The van der Waals surface area contributed by atoms with Crippen molar-refractivity contribution in [1.82, 2.24) is 15.2 Å². The number of ether oxygens (including phenoxy) is 3. The van der Waals surface area contributed by atoms with Crippen LogP contribution in [0, 0.1) is 0 Å². The number of carbonyl (C=O) groups excluding carboxylic acids is 1. The van der Waals surface area contributed by atoms with E-state index in [0.29, 0.717) is 19.0 Å². The fourth-order valence-electron chi connectivity index (χ4n) is 4.25. The molecule has 31 heavy (non-hydrogen) atoms. The van der Waals surface area contributed by atoms with Gasteiger partial charge in [-0.05, 0) is 39.7 Å². The molecule has 1 aromatic rings. The first-order chi connectivity index (χ1) is 14.9. The molecule has 2 saturated heterocycles. The van der Waals surface area contributed by atoms with Crippen LogP contribution in [0.2, 0.25) is 0 Å². The molecule has 0 spiro atoms. The second-order valence-electron chi connectivity index (χ2n) is 9.73. The highest BCUT2D eigenvalue weighted by Gasteiger charge is 2.35. The summed E-state index contributed by atoms with van der Waals surface area (Å²) < 4.78 is 17.8. The lowest BCUT2D eigenvalue weighted by molar-refractivity contribution is -0.110. The molecular formula is C23H36N4O4. The molecule has 0 unspecified atom stereocenters. The van der Waals surface area contributed by atoms with Gasteiger partial charge in [-0.3, -0.25) is 0 Å². The molecule has 1 aromatic heterocycles. The Hall–Kier alpha value is -2.06. The predicted octanol–water partition coefficient (Wildman–Crippen LogP) is 2.82. The fourth-order valence-corrected chi connectivity index (χ4v) is 4.25. The van der Waals surface area contributed by atoms with Crippen molar-refractivity contribution < 1.29 is 19.0 Å². The molecule has 1 amide bonds. The van der Waals surface area contributed by atoms with Crippen LogP contribution >= 0.6 is 0 Å². The van der Waals surface area contributed by atoms with Crippen molar-refractivity contribution in [3.63, 3.8) is 0 Å². The van der Waals surface area contributed by atoms with Gasteiger partial charge in [-0.1, -0.05) is 0 Å². The van der Waals surface area contributed by atoms with Crippen LogP contribution < -0.4 is 15.0 Å². The van der Waals surface area contributed by atoms with Crippen LogP contribution in [0.1, 0.15) is 46.5 Å². The summed E-state index contributed by atoms with van der Waals surface area (Å²) in [6.45, 7) is 11.1. The number of piperazine rings is 1. The Morgan fingerprint density at radius 3 is 2.45 bits per heavy atom. The Kier molecular flexibility index (Phi) is 6.86. The third kappa shape index (κ3) is 6.23. The van der Waals surface area contributed by atoms with Gasteiger partial charge in [0.25, 0.3) is 0 Å². The first kappa shape index (κ1) is 22.1. The van der Waals surface area contributed by atoms with Gasteiger partial charge in [-0.15, -0.1) is 0 Å². The molecule has 0 aromatic carbocycles. The smallest absolute Gasteiger partial charge is 0.410 e. The van der Waals surface area contributed by atoms with E-state index in [1.165, 1.54) is 5.69 Å². The topological polar surface area (TPSA) is 76.2 Å². The van der Waals surface area contributed by atoms with Gasteiger partial charge in [-0.25, -0.2) is 9.78 Å². The summed E-state index contributed by atoms with van der Waals surface area (Å²) in [4.78, 5) is 20.7. The van der Waals surface area contributed by atoms with Crippen LogP contribution in [0.25, 0.3) is 0 Å². The Balaban J connectivity index is 1.16. The van der Waals surface area contributed by atoms with Crippen molar-refractivity contribution in [1.29, 1.82) is 0 Å². The zero-order valence-electron chi connectivity index (χ0n) is 19.0. The molecule has 3 heterocycles. The average Bonchev–Trinajstić information content (AvgIpc) is 2.72. The lowest BCUT2D eigenvalue weighted by Gasteiger charge is -2.39. The maximum Gasteiger partial charge on any atom is 0.410 e. The zero-order chi connectivity index (χ0) is 21.8. The Bertz CT molecular complexity index is 733. The summed E-state index contributed by atoms with van der Waals surface area (Å²) >= 11 is 0. The predicted molar refractivity (Wildman–Crippen MR) is 119 cm³/mol. The van der Waals surface area contributed by atoms with E-state index in [2.05, 4.69) is 21.3 Å². The van der Waals surface area contributed by atoms with Crippen LogP contribution in [0.5, 0.6) is 5.88 Å². The highest BCUT2D eigenvalue weighted by atomic mass is 16.6. The Morgan fingerprint density at radius 2 is 1.77 bits per heavy atom. The van der Waals surface area contributed by atoms with Gasteiger partial charge < -0.3 is 29.3 Å². The molecule has 1 aliphatic carbocycles. The van der Waals surface area contributed by atoms with E-state index in [1.54, 1.807) is 4.90 Å². The Morgan fingerprint density at radius 1 is 1.06 bits per heavy atom. The summed E-state index contributed by atoms with van der Waals surface area (Å²) in [6, 6.07) is 4.10. The van der Waals surface area contributed by atoms with Gasteiger partial charge in [0.15, 0.2) is 0 Å². The summed E-state index contributed by atoms with van der Waals surface area (Å²) in [5.41, 5.74) is 0.723. The van der Waals surface area contributed by atoms with Gasteiger partial charge in [0.1, 0.15) is 11.7 Å². The molecule has 4 rings (SSSR count). The maximum atomic E-state index is 12.2. The lowest BCUT2D eigenvalue weighted by Crippen LogP contribution is -2.46. The molecule has 8 nitrogen and oxygen atoms in total. The highest BCUT2D eigenvalue weighted by Crippen LogP contribution is 2.31. The minimum atomic E-state index is -0.454. The summed E-state index contributed by atoms with van der Waals surface area (Å²) in [6.07, 6.45) is 5.72. The van der Waals surface area contributed by atoms with Crippen molar-refractivity contribution in [3.8, 4) is 5.88 Å². The van der Waals surface area contributed by atoms with Crippen LogP contribution in [-0.4, -0.2) is 79.2 Å². The van der Waals surface area contributed by atoms with Gasteiger partial charge in [-0.2, -0.15) is 0 Å². The van der Waals surface area contributed by atoms with Crippen molar-refractivity contribution in [2.24, 2.45) is 0 Å². The Labute approximate surface area is 185 Å². The van der Waals surface area contributed by atoms with Gasteiger partial charge in [0.05, 0.1) is 12.2 Å². The lowest BCUT2D eigenvalue weighted by atomic mass is 9.91. The third-order valence-corrected chi connectivity index (χ3v) is 6.02. The van der Waals surface area contributed by atoms with Crippen LogP contribution in [-0.2, 0) is 9.47 Å². The standard InChI is InChI=1S/C23H36N4O4/c1-23(2,3)31-22(28)27-10-5-18(6-11-27)29-19-15-20(16-19)30-21-14-17(4-7-25-21)26-12-8-24-9-13-26/h4,7,14,18-20,24H,5-6,8-13,15-16H2,1-3H3. The van der Waals surface area contributed by atoms with Crippen LogP contribution in [0.4, 0.5) is 10.5 Å². The minimum Gasteiger partial charge on any atom is -0.474 e. The number of hydrogen-bond acceptors (Lipinski definition) is 7. The van der Waals surface area contributed by atoms with E-state index >= 15 is 0 Å². The van der Waals surface area contributed by atoms with E-state index in [9.17, 15) is 4.79 Å². The number of pyridine rings is 1. The van der Waals surface area contributed by atoms with E-state index in [0.717, 1.165) is 51.9 Å². The van der Waals surface area contributed by atoms with Gasteiger partial charge in [0.2, 0.25) is 5.88 Å². The maximum absolute atomic E-state index is 12.2. The quantitative estimate of drug-likeness (QED) is 0.767. The molecule has 1 N–H and O–H groups in total. The van der Waals surface area contributed by atoms with Crippen molar-refractivity contribution in [3.05, 3.63) is 18.3 Å². The molecule has 0 atom stereocenters. The molecule has 2 aliphatic heterocycles. The average molecular weight is 433 g/mol. The number of likely N-dealkylation sites (tertiary alicyclic amines) is 1. The molecule has 3 fully saturated rings. The van der Waals surface area contributed by atoms with Gasteiger partial charge in [0, 0.05) is 70.1 Å². The number of hydrogen-bond donors (Lipinski definition) is 1.